The topological polar surface area (TPSA) is 49.4 Å². The zero-order valence-electron chi connectivity index (χ0n) is 16.5. The van der Waals surface area contributed by atoms with Gasteiger partial charge >= 0.3 is 0 Å². The van der Waals surface area contributed by atoms with Crippen LogP contribution in [0.15, 0.2) is 67.3 Å². The number of benzene rings is 2. The van der Waals surface area contributed by atoms with Crippen LogP contribution < -0.4 is 10.2 Å². The lowest BCUT2D eigenvalue weighted by Gasteiger charge is -2.17. The number of halogens is 1. The molecule has 29 heavy (non-hydrogen) atoms. The number of aryl methyl sites for hydroxylation is 1. The molecule has 150 valence electrons. The highest BCUT2D eigenvalue weighted by atomic mass is 35.5. The number of nitrogens with zero attached hydrogens (tertiary/aromatic N) is 1. The lowest BCUT2D eigenvalue weighted by Crippen LogP contribution is -2.37. The number of allylic oxidation sites excluding steroid dienone is 2. The number of amides is 2. The minimum absolute atomic E-state index is 0.138. The Hall–Kier alpha value is -2.85. The molecular weight excluding hydrogens is 384 g/mol. The normalized spacial score (nSPS) is 16.8. The van der Waals surface area contributed by atoms with Gasteiger partial charge in [0.25, 0.3) is 0 Å². The van der Waals surface area contributed by atoms with Gasteiger partial charge in [0.2, 0.25) is 11.8 Å². The molecule has 4 nitrogen and oxygen atoms in total. The summed E-state index contributed by atoms with van der Waals surface area (Å²) in [5.41, 5.74) is 4.03. The van der Waals surface area contributed by atoms with Crippen molar-refractivity contribution in [3.05, 3.63) is 83.4 Å². The largest absolute Gasteiger partial charge is 0.355 e. The summed E-state index contributed by atoms with van der Waals surface area (Å²) < 4.78 is 0. The van der Waals surface area contributed by atoms with Gasteiger partial charge in [-0.15, -0.1) is 0 Å². The number of carbonyl (C=O) groups excluding carboxylic acids is 2. The van der Waals surface area contributed by atoms with Gasteiger partial charge in [-0.3, -0.25) is 9.59 Å². The van der Waals surface area contributed by atoms with Gasteiger partial charge in [0.1, 0.15) is 5.92 Å². The maximum absolute atomic E-state index is 12.7. The van der Waals surface area contributed by atoms with E-state index in [0.717, 1.165) is 22.4 Å². The van der Waals surface area contributed by atoms with E-state index >= 15 is 0 Å². The molecule has 1 N–H and O–H groups in total. The fourth-order valence-corrected chi connectivity index (χ4v) is 3.79. The van der Waals surface area contributed by atoms with Crippen LogP contribution in [0.4, 0.5) is 5.69 Å². The fraction of sp³-hybridized carbons (Fsp3) is 0.250. The predicted octanol–water partition coefficient (Wildman–Crippen LogP) is 4.78. The van der Waals surface area contributed by atoms with Crippen molar-refractivity contribution in [3.63, 3.8) is 0 Å². The summed E-state index contributed by atoms with van der Waals surface area (Å²) in [6, 6.07) is 15.2. The van der Waals surface area contributed by atoms with Crippen LogP contribution in [0.2, 0.25) is 5.02 Å². The van der Waals surface area contributed by atoms with Gasteiger partial charge < -0.3 is 10.2 Å². The Morgan fingerprint density at radius 3 is 2.76 bits per heavy atom. The van der Waals surface area contributed by atoms with Crippen molar-refractivity contribution >= 4 is 34.7 Å². The van der Waals surface area contributed by atoms with E-state index in [1.54, 1.807) is 11.0 Å². The molecule has 0 bridgehead atoms. The third-order valence-electron chi connectivity index (χ3n) is 5.15. The van der Waals surface area contributed by atoms with Gasteiger partial charge in [0.15, 0.2) is 0 Å². The standard InChI is InChI=1S/C24H25ClN2O2/c1-3-7-18(22-16-19(25)11-10-17(22)2)12-14-26-23(28)21-13-15-27(24(21)29)20-8-5-4-6-9-20/h3-11,16,21H,1,12-15H2,2H3,(H,26,28)/b18-7-. The molecule has 2 amide bonds. The van der Waals surface area contributed by atoms with Crippen molar-refractivity contribution in [1.82, 2.24) is 5.32 Å². The molecule has 1 unspecified atom stereocenters. The molecule has 0 aromatic heterocycles. The van der Waals surface area contributed by atoms with Crippen molar-refractivity contribution in [2.45, 2.75) is 19.8 Å². The molecule has 5 heteroatoms. The van der Waals surface area contributed by atoms with Crippen LogP contribution in [-0.2, 0) is 9.59 Å². The summed E-state index contributed by atoms with van der Waals surface area (Å²) in [4.78, 5) is 27.0. The second kappa shape index (κ2) is 9.57. The summed E-state index contributed by atoms with van der Waals surface area (Å²) in [5.74, 6) is -0.981. The molecule has 3 rings (SSSR count). The molecule has 0 aliphatic carbocycles. The molecule has 1 aliphatic rings. The van der Waals surface area contributed by atoms with Crippen LogP contribution >= 0.6 is 11.6 Å². The van der Waals surface area contributed by atoms with Gasteiger partial charge in [-0.25, -0.2) is 0 Å². The van der Waals surface area contributed by atoms with Crippen molar-refractivity contribution in [2.24, 2.45) is 5.92 Å². The maximum atomic E-state index is 12.7. The van der Waals surface area contributed by atoms with E-state index in [9.17, 15) is 9.59 Å². The summed E-state index contributed by atoms with van der Waals surface area (Å²) in [7, 11) is 0. The third kappa shape index (κ3) is 4.96. The molecule has 2 aromatic carbocycles. The van der Waals surface area contributed by atoms with E-state index in [1.807, 2.05) is 61.5 Å². The summed E-state index contributed by atoms with van der Waals surface area (Å²) in [6.07, 6.45) is 4.82. The van der Waals surface area contributed by atoms with Crippen LogP contribution in [0.1, 0.15) is 24.0 Å². The first-order valence-corrected chi connectivity index (χ1v) is 10.1. The molecule has 1 atom stereocenters. The van der Waals surface area contributed by atoms with Gasteiger partial charge in [-0.2, -0.15) is 0 Å². The molecule has 1 aliphatic heterocycles. The SMILES string of the molecule is C=C/C=C(/CCNC(=O)C1CCN(c2ccccc2)C1=O)c1cc(Cl)ccc1C. The minimum Gasteiger partial charge on any atom is -0.355 e. The van der Waals surface area contributed by atoms with Crippen molar-refractivity contribution in [2.75, 3.05) is 18.0 Å². The van der Waals surface area contributed by atoms with Gasteiger partial charge in [0.05, 0.1) is 0 Å². The Morgan fingerprint density at radius 2 is 2.03 bits per heavy atom. The first-order valence-electron chi connectivity index (χ1n) is 9.73. The summed E-state index contributed by atoms with van der Waals surface area (Å²) in [6.45, 7) is 6.81. The molecular formula is C24H25ClN2O2. The van der Waals surface area contributed by atoms with Gasteiger partial charge in [-0.1, -0.05) is 54.6 Å². The molecule has 0 saturated carbocycles. The van der Waals surface area contributed by atoms with Crippen molar-refractivity contribution in [1.29, 1.82) is 0 Å². The van der Waals surface area contributed by atoms with E-state index in [0.29, 0.717) is 31.0 Å². The first kappa shape index (κ1) is 20.9. The average molecular weight is 409 g/mol. The summed E-state index contributed by atoms with van der Waals surface area (Å²) >= 11 is 6.15. The molecule has 1 saturated heterocycles. The quantitative estimate of drug-likeness (QED) is 0.529. The fourth-order valence-electron chi connectivity index (χ4n) is 3.62. The minimum atomic E-state index is -0.630. The zero-order chi connectivity index (χ0) is 20.8. The summed E-state index contributed by atoms with van der Waals surface area (Å²) in [5, 5.41) is 3.59. The Bertz CT molecular complexity index is 937. The van der Waals surface area contributed by atoms with Crippen LogP contribution in [0.25, 0.3) is 5.57 Å². The smallest absolute Gasteiger partial charge is 0.239 e. The first-order chi connectivity index (χ1) is 14.0. The highest BCUT2D eigenvalue weighted by molar-refractivity contribution is 6.30. The number of hydrogen-bond donors (Lipinski definition) is 1. The monoisotopic (exact) mass is 408 g/mol. The second-order valence-corrected chi connectivity index (χ2v) is 7.53. The molecule has 1 heterocycles. The molecule has 2 aromatic rings. The predicted molar refractivity (Wildman–Crippen MR) is 119 cm³/mol. The lowest BCUT2D eigenvalue weighted by molar-refractivity contribution is -0.132. The van der Waals surface area contributed by atoms with Crippen LogP contribution in [0.5, 0.6) is 0 Å². The Kier molecular flexibility index (Phi) is 6.89. The Balaban J connectivity index is 1.60. The number of hydrogen-bond acceptors (Lipinski definition) is 2. The van der Waals surface area contributed by atoms with E-state index in [1.165, 1.54) is 0 Å². The maximum Gasteiger partial charge on any atom is 0.239 e. The van der Waals surface area contributed by atoms with E-state index < -0.39 is 5.92 Å². The highest BCUT2D eigenvalue weighted by Gasteiger charge is 2.37. The van der Waals surface area contributed by atoms with Crippen molar-refractivity contribution in [3.8, 4) is 0 Å². The van der Waals surface area contributed by atoms with E-state index in [-0.39, 0.29) is 11.8 Å². The second-order valence-electron chi connectivity index (χ2n) is 7.09. The number of rotatable bonds is 7. The molecule has 1 fully saturated rings. The zero-order valence-corrected chi connectivity index (χ0v) is 17.3. The lowest BCUT2D eigenvalue weighted by atomic mass is 9.97. The van der Waals surface area contributed by atoms with Crippen LogP contribution in [0, 0.1) is 12.8 Å². The molecule has 0 spiro atoms. The molecule has 0 radical (unpaired) electrons. The highest BCUT2D eigenvalue weighted by Crippen LogP contribution is 2.27. The third-order valence-corrected chi connectivity index (χ3v) is 5.38. The number of para-hydroxylation sites is 1. The van der Waals surface area contributed by atoms with E-state index in [2.05, 4.69) is 11.9 Å². The number of nitrogens with one attached hydrogen (secondary N) is 1. The van der Waals surface area contributed by atoms with Crippen LogP contribution in [-0.4, -0.2) is 24.9 Å². The van der Waals surface area contributed by atoms with E-state index in [4.69, 9.17) is 11.6 Å². The number of anilines is 1. The van der Waals surface area contributed by atoms with Gasteiger partial charge in [-0.05, 0) is 60.7 Å². The Labute approximate surface area is 176 Å². The number of carbonyl (C=O) groups is 2. The average Bonchev–Trinajstić information content (AvgIpc) is 3.11. The van der Waals surface area contributed by atoms with Gasteiger partial charge in [0, 0.05) is 23.8 Å². The van der Waals surface area contributed by atoms with Crippen molar-refractivity contribution < 1.29 is 9.59 Å². The van der Waals surface area contributed by atoms with Crippen LogP contribution in [0.3, 0.4) is 0 Å². The Morgan fingerprint density at radius 1 is 1.28 bits per heavy atom.